The Morgan fingerprint density at radius 3 is 2.63 bits per heavy atom. The zero-order valence-corrected chi connectivity index (χ0v) is 9.88. The second-order valence-electron chi connectivity index (χ2n) is 4.13. The minimum absolute atomic E-state index is 0.156. The quantitative estimate of drug-likeness (QED) is 0.763. The standard InChI is InChI=1S/C14H10FN3O/c15-11-6-2-1-4-9(11)10-5-3-7-18-13(10)8-12(17-18)14(16)19/h1-8H,(H2,16,19). The van der Waals surface area contributed by atoms with Crippen LogP contribution in [0.25, 0.3) is 16.6 Å². The van der Waals surface area contributed by atoms with Crippen molar-refractivity contribution in [2.24, 2.45) is 5.73 Å². The summed E-state index contributed by atoms with van der Waals surface area (Å²) in [5.74, 6) is -0.930. The fourth-order valence-corrected chi connectivity index (χ4v) is 2.04. The molecule has 0 radical (unpaired) electrons. The van der Waals surface area contributed by atoms with E-state index in [1.54, 1.807) is 42.6 Å². The molecule has 0 saturated heterocycles. The fourth-order valence-electron chi connectivity index (χ4n) is 2.04. The molecule has 94 valence electrons. The number of carbonyl (C=O) groups is 1. The van der Waals surface area contributed by atoms with E-state index < -0.39 is 5.91 Å². The number of hydrogen-bond acceptors (Lipinski definition) is 2. The van der Waals surface area contributed by atoms with Crippen molar-refractivity contribution < 1.29 is 9.18 Å². The van der Waals surface area contributed by atoms with E-state index in [0.29, 0.717) is 16.6 Å². The molecule has 1 aromatic carbocycles. The SMILES string of the molecule is NC(=O)c1cc2c(-c3ccccc3F)cccn2n1. The van der Waals surface area contributed by atoms with Crippen molar-refractivity contribution in [3.8, 4) is 11.1 Å². The molecular formula is C14H10FN3O. The highest BCUT2D eigenvalue weighted by Crippen LogP contribution is 2.27. The lowest BCUT2D eigenvalue weighted by Crippen LogP contribution is -2.11. The molecule has 3 aromatic rings. The molecule has 5 heteroatoms. The number of primary amides is 1. The van der Waals surface area contributed by atoms with Gasteiger partial charge in [-0.3, -0.25) is 4.79 Å². The minimum atomic E-state index is -0.608. The van der Waals surface area contributed by atoms with Gasteiger partial charge in [0, 0.05) is 17.3 Å². The van der Waals surface area contributed by atoms with Gasteiger partial charge in [-0.05, 0) is 18.2 Å². The van der Waals surface area contributed by atoms with Gasteiger partial charge < -0.3 is 5.73 Å². The second-order valence-corrected chi connectivity index (χ2v) is 4.13. The Balaban J connectivity index is 2.30. The van der Waals surface area contributed by atoms with Gasteiger partial charge in [-0.1, -0.05) is 24.3 Å². The van der Waals surface area contributed by atoms with E-state index in [2.05, 4.69) is 5.10 Å². The molecule has 0 atom stereocenters. The lowest BCUT2D eigenvalue weighted by molar-refractivity contribution is 0.0995. The summed E-state index contributed by atoms with van der Waals surface area (Å²) in [7, 11) is 0. The maximum atomic E-state index is 13.8. The molecule has 2 heterocycles. The van der Waals surface area contributed by atoms with Crippen LogP contribution in [0.3, 0.4) is 0 Å². The van der Waals surface area contributed by atoms with Crippen molar-refractivity contribution >= 4 is 11.4 Å². The molecule has 1 amide bonds. The van der Waals surface area contributed by atoms with E-state index in [-0.39, 0.29) is 11.5 Å². The second kappa shape index (κ2) is 4.20. The first-order valence-corrected chi connectivity index (χ1v) is 5.70. The van der Waals surface area contributed by atoms with Crippen molar-refractivity contribution in [1.29, 1.82) is 0 Å². The van der Waals surface area contributed by atoms with Crippen molar-refractivity contribution in [2.45, 2.75) is 0 Å². The van der Waals surface area contributed by atoms with Crippen LogP contribution in [0, 0.1) is 5.82 Å². The Kier molecular flexibility index (Phi) is 2.52. The topological polar surface area (TPSA) is 60.4 Å². The van der Waals surface area contributed by atoms with Crippen LogP contribution in [0.1, 0.15) is 10.5 Å². The lowest BCUT2D eigenvalue weighted by atomic mass is 10.0. The first-order chi connectivity index (χ1) is 9.16. The number of fused-ring (bicyclic) bond motifs is 1. The number of carbonyl (C=O) groups excluding carboxylic acids is 1. The largest absolute Gasteiger partial charge is 0.364 e. The molecule has 2 N–H and O–H groups in total. The molecular weight excluding hydrogens is 245 g/mol. The molecule has 0 aliphatic carbocycles. The van der Waals surface area contributed by atoms with Crippen LogP contribution in [-0.4, -0.2) is 15.5 Å². The van der Waals surface area contributed by atoms with Crippen LogP contribution in [0.4, 0.5) is 4.39 Å². The highest BCUT2D eigenvalue weighted by atomic mass is 19.1. The maximum absolute atomic E-state index is 13.8. The van der Waals surface area contributed by atoms with Crippen LogP contribution in [-0.2, 0) is 0 Å². The Bertz CT molecular complexity index is 779. The average molecular weight is 255 g/mol. The molecule has 0 saturated carbocycles. The maximum Gasteiger partial charge on any atom is 0.269 e. The predicted octanol–water partition coefficient (Wildman–Crippen LogP) is 2.24. The average Bonchev–Trinajstić information content (AvgIpc) is 2.83. The number of benzene rings is 1. The van der Waals surface area contributed by atoms with E-state index in [9.17, 15) is 9.18 Å². The van der Waals surface area contributed by atoms with E-state index in [4.69, 9.17) is 5.73 Å². The molecule has 0 fully saturated rings. The third-order valence-corrected chi connectivity index (χ3v) is 2.92. The summed E-state index contributed by atoms with van der Waals surface area (Å²) in [6.45, 7) is 0. The Morgan fingerprint density at radius 1 is 1.16 bits per heavy atom. The summed E-state index contributed by atoms with van der Waals surface area (Å²) >= 11 is 0. The number of nitrogens with two attached hydrogens (primary N) is 1. The molecule has 0 spiro atoms. The summed E-state index contributed by atoms with van der Waals surface area (Å²) in [6, 6.07) is 11.5. The molecule has 0 unspecified atom stereocenters. The lowest BCUT2D eigenvalue weighted by Gasteiger charge is -2.04. The summed E-state index contributed by atoms with van der Waals surface area (Å²) in [5.41, 5.74) is 7.13. The van der Waals surface area contributed by atoms with Gasteiger partial charge in [-0.2, -0.15) is 5.10 Å². The summed E-state index contributed by atoms with van der Waals surface area (Å²) in [5, 5.41) is 4.05. The first-order valence-electron chi connectivity index (χ1n) is 5.70. The van der Waals surface area contributed by atoms with Gasteiger partial charge in [0.1, 0.15) is 5.82 Å². The van der Waals surface area contributed by atoms with E-state index in [1.165, 1.54) is 10.6 Å². The Hall–Kier alpha value is -2.69. The van der Waals surface area contributed by atoms with E-state index in [0.717, 1.165) is 0 Å². The number of pyridine rings is 1. The third kappa shape index (κ3) is 1.85. The molecule has 19 heavy (non-hydrogen) atoms. The normalized spacial score (nSPS) is 10.8. The highest BCUT2D eigenvalue weighted by molar-refractivity contribution is 5.94. The monoisotopic (exact) mass is 255 g/mol. The van der Waals surface area contributed by atoms with Crippen LogP contribution < -0.4 is 5.73 Å². The fraction of sp³-hybridized carbons (Fsp3) is 0. The Morgan fingerprint density at radius 2 is 1.89 bits per heavy atom. The smallest absolute Gasteiger partial charge is 0.269 e. The zero-order chi connectivity index (χ0) is 13.4. The number of nitrogens with zero attached hydrogens (tertiary/aromatic N) is 2. The number of aromatic nitrogens is 2. The summed E-state index contributed by atoms with van der Waals surface area (Å²) in [6.07, 6.45) is 1.69. The molecule has 0 aliphatic rings. The van der Waals surface area contributed by atoms with Crippen molar-refractivity contribution in [3.63, 3.8) is 0 Å². The molecule has 0 aliphatic heterocycles. The highest BCUT2D eigenvalue weighted by Gasteiger charge is 2.12. The minimum Gasteiger partial charge on any atom is -0.364 e. The van der Waals surface area contributed by atoms with Gasteiger partial charge in [-0.15, -0.1) is 0 Å². The van der Waals surface area contributed by atoms with Crippen molar-refractivity contribution in [2.75, 3.05) is 0 Å². The molecule has 2 aromatic heterocycles. The van der Waals surface area contributed by atoms with E-state index in [1.807, 2.05) is 0 Å². The number of hydrogen-bond donors (Lipinski definition) is 1. The summed E-state index contributed by atoms with van der Waals surface area (Å²) < 4.78 is 15.4. The van der Waals surface area contributed by atoms with Crippen molar-refractivity contribution in [3.05, 3.63) is 60.2 Å². The molecule has 0 bridgehead atoms. The van der Waals surface area contributed by atoms with Crippen molar-refractivity contribution in [1.82, 2.24) is 9.61 Å². The van der Waals surface area contributed by atoms with Gasteiger partial charge in [0.15, 0.2) is 5.69 Å². The third-order valence-electron chi connectivity index (χ3n) is 2.92. The van der Waals surface area contributed by atoms with Gasteiger partial charge >= 0.3 is 0 Å². The number of halogens is 1. The van der Waals surface area contributed by atoms with Crippen LogP contribution >= 0.6 is 0 Å². The Labute approximate surface area is 108 Å². The van der Waals surface area contributed by atoms with E-state index >= 15 is 0 Å². The van der Waals surface area contributed by atoms with Crippen LogP contribution in [0.5, 0.6) is 0 Å². The number of amides is 1. The van der Waals surface area contributed by atoms with Gasteiger partial charge in [0.05, 0.1) is 5.52 Å². The summed E-state index contributed by atoms with van der Waals surface area (Å²) in [4.78, 5) is 11.2. The van der Waals surface area contributed by atoms with Gasteiger partial charge in [0.25, 0.3) is 5.91 Å². The predicted molar refractivity (Wildman–Crippen MR) is 69.1 cm³/mol. The van der Waals surface area contributed by atoms with Crippen LogP contribution in [0.15, 0.2) is 48.7 Å². The molecule has 4 nitrogen and oxygen atoms in total. The molecule has 3 rings (SSSR count). The number of rotatable bonds is 2. The zero-order valence-electron chi connectivity index (χ0n) is 9.88. The van der Waals surface area contributed by atoms with Gasteiger partial charge in [-0.25, -0.2) is 8.91 Å². The van der Waals surface area contributed by atoms with Crippen LogP contribution in [0.2, 0.25) is 0 Å². The first kappa shape index (κ1) is 11.4. The van der Waals surface area contributed by atoms with Gasteiger partial charge in [0.2, 0.25) is 0 Å².